The van der Waals surface area contributed by atoms with Crippen molar-refractivity contribution in [2.24, 2.45) is 5.92 Å². The maximum atomic E-state index is 13.3. The molecule has 1 fully saturated rings. The lowest BCUT2D eigenvalue weighted by molar-refractivity contribution is -0.135. The highest BCUT2D eigenvalue weighted by Crippen LogP contribution is 2.40. The van der Waals surface area contributed by atoms with E-state index in [1.165, 1.54) is 4.90 Å². The zero-order valence-electron chi connectivity index (χ0n) is 15.0. The number of benzene rings is 2. The second-order valence-electron chi connectivity index (χ2n) is 6.57. The number of rotatable bonds is 4. The van der Waals surface area contributed by atoms with Gasteiger partial charge < -0.3 is 0 Å². The van der Waals surface area contributed by atoms with Crippen LogP contribution in [-0.2, 0) is 9.59 Å². The topological polar surface area (TPSA) is 67.3 Å². The summed E-state index contributed by atoms with van der Waals surface area (Å²) < 4.78 is 0.849. The predicted octanol–water partition coefficient (Wildman–Crippen LogP) is 4.65. The third kappa shape index (κ3) is 3.61. The number of halogens is 2. The van der Waals surface area contributed by atoms with Gasteiger partial charge in [-0.05, 0) is 54.1 Å². The zero-order chi connectivity index (χ0) is 20.5. The maximum absolute atomic E-state index is 13.3. The van der Waals surface area contributed by atoms with Crippen LogP contribution in [0.5, 0.6) is 0 Å². The van der Waals surface area contributed by atoms with E-state index in [4.69, 9.17) is 11.6 Å². The van der Waals surface area contributed by atoms with Crippen LogP contribution < -0.4 is 4.90 Å². The predicted molar refractivity (Wildman–Crippen MR) is 113 cm³/mol. The van der Waals surface area contributed by atoms with E-state index >= 15 is 0 Å². The van der Waals surface area contributed by atoms with Crippen LogP contribution in [0.3, 0.4) is 0 Å². The first kappa shape index (κ1) is 19.5. The van der Waals surface area contributed by atoms with Gasteiger partial charge in [0, 0.05) is 21.3 Å². The van der Waals surface area contributed by atoms with Crippen molar-refractivity contribution < 1.29 is 14.4 Å². The Morgan fingerprint density at radius 3 is 2.28 bits per heavy atom. The van der Waals surface area contributed by atoms with Crippen LogP contribution in [0.2, 0.25) is 5.02 Å². The minimum absolute atomic E-state index is 0.324. The number of amides is 1. The van der Waals surface area contributed by atoms with Crippen molar-refractivity contribution in [2.75, 3.05) is 4.90 Å². The van der Waals surface area contributed by atoms with E-state index in [1.807, 2.05) is 12.1 Å². The van der Waals surface area contributed by atoms with Crippen molar-refractivity contribution in [1.29, 1.82) is 0 Å². The summed E-state index contributed by atoms with van der Waals surface area (Å²) in [6.45, 7) is 0. The fourth-order valence-electron chi connectivity index (χ4n) is 3.47. The summed E-state index contributed by atoms with van der Waals surface area (Å²) in [6.07, 6.45) is 1.54. The van der Waals surface area contributed by atoms with Crippen LogP contribution in [0.4, 0.5) is 5.82 Å². The highest BCUT2D eigenvalue weighted by molar-refractivity contribution is 9.10. The highest BCUT2D eigenvalue weighted by Gasteiger charge is 2.52. The summed E-state index contributed by atoms with van der Waals surface area (Å²) in [6, 6.07) is 17.8. The molecule has 1 aliphatic heterocycles. The lowest BCUT2D eigenvalue weighted by atomic mass is 9.86. The van der Waals surface area contributed by atoms with Crippen molar-refractivity contribution >= 4 is 50.8 Å². The van der Waals surface area contributed by atoms with E-state index in [0.29, 0.717) is 22.0 Å². The van der Waals surface area contributed by atoms with Crippen molar-refractivity contribution in [3.63, 3.8) is 0 Å². The number of Topliss-reactive ketones (excluding diaryl/α,β-unsaturated/α-hetero) is 2. The van der Waals surface area contributed by atoms with Crippen LogP contribution in [0.15, 0.2) is 77.4 Å². The number of aromatic nitrogens is 1. The van der Waals surface area contributed by atoms with Gasteiger partial charge in [-0.3, -0.25) is 19.3 Å². The van der Waals surface area contributed by atoms with Gasteiger partial charge in [0.05, 0.1) is 6.04 Å². The molecule has 2 unspecified atom stereocenters. The van der Waals surface area contributed by atoms with Gasteiger partial charge in [-0.2, -0.15) is 0 Å². The van der Waals surface area contributed by atoms with Gasteiger partial charge in [0.15, 0.2) is 5.78 Å². The molecule has 2 aromatic carbocycles. The first-order valence-electron chi connectivity index (χ1n) is 8.81. The molecule has 5 nitrogen and oxygen atoms in total. The maximum Gasteiger partial charge on any atom is 0.297 e. The number of nitrogens with zero attached hydrogens (tertiary/aromatic N) is 2. The molecule has 1 aromatic heterocycles. The summed E-state index contributed by atoms with van der Waals surface area (Å²) in [5.74, 6) is -2.77. The van der Waals surface area contributed by atoms with Crippen LogP contribution in [0.25, 0.3) is 0 Å². The van der Waals surface area contributed by atoms with Gasteiger partial charge in [0.25, 0.3) is 5.91 Å². The third-order valence-electron chi connectivity index (χ3n) is 4.82. The van der Waals surface area contributed by atoms with Crippen molar-refractivity contribution in [3.8, 4) is 0 Å². The lowest BCUT2D eigenvalue weighted by Gasteiger charge is -2.26. The molecule has 2 heterocycles. The van der Waals surface area contributed by atoms with Crippen LogP contribution in [0, 0.1) is 5.92 Å². The molecule has 1 aliphatic rings. The molecule has 0 N–H and O–H groups in total. The highest BCUT2D eigenvalue weighted by atomic mass is 79.9. The molecule has 3 aromatic rings. The Hall–Kier alpha value is -2.83. The molecule has 1 amide bonds. The van der Waals surface area contributed by atoms with E-state index in [0.717, 1.165) is 4.47 Å². The fourth-order valence-corrected chi connectivity index (χ4v) is 3.86. The Bertz CT molecular complexity index is 1090. The van der Waals surface area contributed by atoms with Gasteiger partial charge in [-0.15, -0.1) is 0 Å². The van der Waals surface area contributed by atoms with E-state index in [-0.39, 0.29) is 0 Å². The number of anilines is 1. The van der Waals surface area contributed by atoms with Crippen LogP contribution >= 0.6 is 27.5 Å². The fraction of sp³-hybridized carbons (Fsp3) is 0.0909. The summed E-state index contributed by atoms with van der Waals surface area (Å²) in [7, 11) is 0. The van der Waals surface area contributed by atoms with Gasteiger partial charge in [0.1, 0.15) is 11.7 Å². The monoisotopic (exact) mass is 468 g/mol. The number of carbonyl (C=O) groups excluding carboxylic acids is 3. The molecule has 0 aliphatic carbocycles. The van der Waals surface area contributed by atoms with Gasteiger partial charge in [-0.25, -0.2) is 4.98 Å². The molecular formula is C22H14BrClN2O3. The van der Waals surface area contributed by atoms with E-state index in [2.05, 4.69) is 20.9 Å². The number of pyridine rings is 1. The summed E-state index contributed by atoms with van der Waals surface area (Å²) in [5, 5.41) is 0.481. The van der Waals surface area contributed by atoms with Crippen molar-refractivity contribution in [2.45, 2.75) is 6.04 Å². The SMILES string of the molecule is O=C1C(=O)N(c2ccccn2)C(c2ccc(Br)cc2)C1C(=O)c1ccc(Cl)cc1. The summed E-state index contributed by atoms with van der Waals surface area (Å²) in [4.78, 5) is 44.7. The van der Waals surface area contributed by atoms with Gasteiger partial charge in [-0.1, -0.05) is 45.7 Å². The average molecular weight is 470 g/mol. The van der Waals surface area contributed by atoms with Crippen molar-refractivity contribution in [3.05, 3.63) is 93.5 Å². The molecule has 1 saturated heterocycles. The molecule has 0 bridgehead atoms. The molecule has 0 saturated carbocycles. The standard InChI is InChI=1S/C22H14BrClN2O3/c23-15-8-4-13(5-9-15)19-18(20(27)14-6-10-16(24)11-7-14)21(28)22(29)26(19)17-3-1-2-12-25-17/h1-12,18-19H. The lowest BCUT2D eigenvalue weighted by Crippen LogP contribution is -2.31. The second-order valence-corrected chi connectivity index (χ2v) is 7.92. The van der Waals surface area contributed by atoms with Crippen molar-refractivity contribution in [1.82, 2.24) is 4.98 Å². The minimum Gasteiger partial charge on any atom is -0.293 e. The van der Waals surface area contributed by atoms with Gasteiger partial charge >= 0.3 is 0 Å². The van der Waals surface area contributed by atoms with Crippen LogP contribution in [-0.4, -0.2) is 22.5 Å². The second kappa shape index (κ2) is 7.89. The minimum atomic E-state index is -1.17. The Labute approximate surface area is 180 Å². The molecular weight excluding hydrogens is 456 g/mol. The normalized spacial score (nSPS) is 18.9. The molecule has 144 valence electrons. The largest absolute Gasteiger partial charge is 0.297 e. The van der Waals surface area contributed by atoms with E-state index < -0.39 is 29.4 Å². The molecule has 7 heteroatoms. The Morgan fingerprint density at radius 2 is 1.66 bits per heavy atom. The first-order valence-corrected chi connectivity index (χ1v) is 9.98. The smallest absolute Gasteiger partial charge is 0.293 e. The number of hydrogen-bond donors (Lipinski definition) is 0. The quantitative estimate of drug-likeness (QED) is 0.317. The molecule has 0 spiro atoms. The number of ketones is 2. The van der Waals surface area contributed by atoms with Gasteiger partial charge in [0.2, 0.25) is 5.78 Å². The molecule has 2 atom stereocenters. The van der Waals surface area contributed by atoms with E-state index in [1.54, 1.807) is 60.8 Å². The Morgan fingerprint density at radius 1 is 0.966 bits per heavy atom. The van der Waals surface area contributed by atoms with Crippen LogP contribution in [0.1, 0.15) is 22.0 Å². The number of carbonyl (C=O) groups is 3. The third-order valence-corrected chi connectivity index (χ3v) is 5.61. The molecule has 4 rings (SSSR count). The molecule has 29 heavy (non-hydrogen) atoms. The Kier molecular flexibility index (Phi) is 5.30. The Balaban J connectivity index is 1.84. The zero-order valence-corrected chi connectivity index (χ0v) is 17.3. The summed E-state index contributed by atoms with van der Waals surface area (Å²) >= 11 is 9.30. The van der Waals surface area contributed by atoms with E-state index in [9.17, 15) is 14.4 Å². The first-order chi connectivity index (χ1) is 14.0. The summed E-state index contributed by atoms with van der Waals surface area (Å²) in [5.41, 5.74) is 0.996. The molecule has 0 radical (unpaired) electrons. The average Bonchev–Trinajstić information content (AvgIpc) is 3.00. The number of hydrogen-bond acceptors (Lipinski definition) is 4.